The summed E-state index contributed by atoms with van der Waals surface area (Å²) in [5.41, 5.74) is 4.19. The fourth-order valence-corrected chi connectivity index (χ4v) is 2.06. The Hall–Kier alpha value is -2.49. The number of aldehydes is 1. The average molecular weight is 255 g/mol. The van der Waals surface area contributed by atoms with Gasteiger partial charge in [0.25, 0.3) is 5.69 Å². The first-order valence-electron chi connectivity index (χ1n) is 5.84. The Morgan fingerprint density at radius 3 is 2.47 bits per heavy atom. The van der Waals surface area contributed by atoms with Crippen molar-refractivity contribution in [2.45, 2.75) is 13.8 Å². The van der Waals surface area contributed by atoms with Crippen molar-refractivity contribution in [2.75, 3.05) is 0 Å². The molecule has 4 heteroatoms. The Balaban J connectivity index is 2.59. The minimum atomic E-state index is -0.411. The minimum Gasteiger partial charge on any atom is -0.298 e. The van der Waals surface area contributed by atoms with Gasteiger partial charge in [-0.15, -0.1) is 0 Å². The van der Waals surface area contributed by atoms with Crippen LogP contribution in [0.25, 0.3) is 11.1 Å². The SMILES string of the molecule is Cc1cc(-c2cccc([N+](=O)[O-])c2)c(C)cc1C=O. The number of aryl methyl sites for hydroxylation is 2. The summed E-state index contributed by atoms with van der Waals surface area (Å²) in [4.78, 5) is 21.3. The number of benzene rings is 2. The second kappa shape index (κ2) is 5.02. The van der Waals surface area contributed by atoms with Gasteiger partial charge < -0.3 is 0 Å². The van der Waals surface area contributed by atoms with E-state index in [9.17, 15) is 14.9 Å². The van der Waals surface area contributed by atoms with Gasteiger partial charge in [0, 0.05) is 17.7 Å². The number of non-ortho nitro benzene ring substituents is 1. The summed E-state index contributed by atoms with van der Waals surface area (Å²) in [5, 5.41) is 10.8. The highest BCUT2D eigenvalue weighted by Crippen LogP contribution is 2.28. The zero-order valence-electron chi connectivity index (χ0n) is 10.7. The van der Waals surface area contributed by atoms with Gasteiger partial charge >= 0.3 is 0 Å². The van der Waals surface area contributed by atoms with Gasteiger partial charge in [0.05, 0.1) is 4.92 Å². The van der Waals surface area contributed by atoms with Crippen LogP contribution in [0, 0.1) is 24.0 Å². The van der Waals surface area contributed by atoms with Crippen LogP contribution < -0.4 is 0 Å². The van der Waals surface area contributed by atoms with E-state index in [1.165, 1.54) is 6.07 Å². The number of nitrogens with zero attached hydrogens (tertiary/aromatic N) is 1. The largest absolute Gasteiger partial charge is 0.298 e. The van der Waals surface area contributed by atoms with Crippen LogP contribution in [0.5, 0.6) is 0 Å². The number of carbonyl (C=O) groups excluding carboxylic acids is 1. The van der Waals surface area contributed by atoms with E-state index in [2.05, 4.69) is 0 Å². The van der Waals surface area contributed by atoms with Gasteiger partial charge in [-0.05, 0) is 42.2 Å². The van der Waals surface area contributed by atoms with E-state index in [1.807, 2.05) is 26.0 Å². The smallest absolute Gasteiger partial charge is 0.270 e. The summed E-state index contributed by atoms with van der Waals surface area (Å²) >= 11 is 0. The number of hydrogen-bond acceptors (Lipinski definition) is 3. The van der Waals surface area contributed by atoms with Crippen LogP contribution in [0.3, 0.4) is 0 Å². The van der Waals surface area contributed by atoms with E-state index in [-0.39, 0.29) is 5.69 Å². The van der Waals surface area contributed by atoms with Gasteiger partial charge in [-0.3, -0.25) is 14.9 Å². The van der Waals surface area contributed by atoms with Crippen molar-refractivity contribution in [1.82, 2.24) is 0 Å². The molecule has 0 heterocycles. The van der Waals surface area contributed by atoms with Crippen LogP contribution in [0.1, 0.15) is 21.5 Å². The molecule has 0 N–H and O–H groups in total. The highest BCUT2D eigenvalue weighted by atomic mass is 16.6. The van der Waals surface area contributed by atoms with E-state index in [1.54, 1.807) is 18.2 Å². The predicted octanol–water partition coefficient (Wildman–Crippen LogP) is 3.69. The summed E-state index contributed by atoms with van der Waals surface area (Å²) in [5.74, 6) is 0. The maximum Gasteiger partial charge on any atom is 0.270 e. The Morgan fingerprint density at radius 2 is 1.84 bits per heavy atom. The molecule has 0 unspecified atom stereocenters. The van der Waals surface area contributed by atoms with E-state index in [4.69, 9.17) is 0 Å². The highest BCUT2D eigenvalue weighted by molar-refractivity contribution is 5.81. The van der Waals surface area contributed by atoms with Gasteiger partial charge in [0.2, 0.25) is 0 Å². The molecule has 0 aromatic heterocycles. The topological polar surface area (TPSA) is 60.2 Å². The fourth-order valence-electron chi connectivity index (χ4n) is 2.06. The molecule has 0 bridgehead atoms. The summed E-state index contributed by atoms with van der Waals surface area (Å²) < 4.78 is 0. The molecule has 19 heavy (non-hydrogen) atoms. The van der Waals surface area contributed by atoms with Crippen LogP contribution >= 0.6 is 0 Å². The molecule has 0 aliphatic heterocycles. The van der Waals surface area contributed by atoms with Gasteiger partial charge in [0.15, 0.2) is 0 Å². The van der Waals surface area contributed by atoms with Gasteiger partial charge in [-0.2, -0.15) is 0 Å². The summed E-state index contributed by atoms with van der Waals surface area (Å²) in [6, 6.07) is 10.2. The van der Waals surface area contributed by atoms with Crippen LogP contribution in [-0.2, 0) is 0 Å². The summed E-state index contributed by atoms with van der Waals surface area (Å²) in [6.07, 6.45) is 0.819. The molecule has 0 atom stereocenters. The Labute approximate surface area is 110 Å². The van der Waals surface area contributed by atoms with E-state index in [0.29, 0.717) is 5.56 Å². The van der Waals surface area contributed by atoms with E-state index < -0.39 is 4.92 Å². The van der Waals surface area contributed by atoms with Crippen LogP contribution in [-0.4, -0.2) is 11.2 Å². The fraction of sp³-hybridized carbons (Fsp3) is 0.133. The van der Waals surface area contributed by atoms with Crippen molar-refractivity contribution in [3.63, 3.8) is 0 Å². The lowest BCUT2D eigenvalue weighted by molar-refractivity contribution is -0.384. The Kier molecular flexibility index (Phi) is 3.42. The molecule has 0 aliphatic carbocycles. The van der Waals surface area contributed by atoms with Crippen molar-refractivity contribution in [2.24, 2.45) is 0 Å². The predicted molar refractivity (Wildman–Crippen MR) is 73.4 cm³/mol. The lowest BCUT2D eigenvalue weighted by Crippen LogP contribution is -1.93. The van der Waals surface area contributed by atoms with Gasteiger partial charge in [-0.25, -0.2) is 0 Å². The first kappa shape index (κ1) is 13.0. The van der Waals surface area contributed by atoms with Crippen molar-refractivity contribution in [3.05, 3.63) is 63.2 Å². The molecule has 2 rings (SSSR count). The van der Waals surface area contributed by atoms with Gasteiger partial charge in [0.1, 0.15) is 6.29 Å². The van der Waals surface area contributed by atoms with Crippen molar-refractivity contribution in [1.29, 1.82) is 0 Å². The minimum absolute atomic E-state index is 0.0639. The molecule has 2 aromatic rings. The van der Waals surface area contributed by atoms with Crippen LogP contribution in [0.4, 0.5) is 5.69 Å². The zero-order valence-corrected chi connectivity index (χ0v) is 10.7. The molecule has 2 aromatic carbocycles. The zero-order chi connectivity index (χ0) is 14.0. The standard InChI is InChI=1S/C15H13NO3/c1-10-7-15(11(2)6-13(10)9-17)12-4-3-5-14(8-12)16(18)19/h3-9H,1-2H3. The van der Waals surface area contributed by atoms with Crippen molar-refractivity contribution < 1.29 is 9.72 Å². The Bertz CT molecular complexity index is 662. The van der Waals surface area contributed by atoms with Crippen molar-refractivity contribution >= 4 is 12.0 Å². The maximum absolute atomic E-state index is 10.9. The molecule has 96 valence electrons. The normalized spacial score (nSPS) is 10.2. The second-order valence-corrected chi connectivity index (χ2v) is 4.45. The summed E-state index contributed by atoms with van der Waals surface area (Å²) in [7, 11) is 0. The molecule has 0 saturated carbocycles. The average Bonchev–Trinajstić information content (AvgIpc) is 2.41. The number of rotatable bonds is 3. The lowest BCUT2D eigenvalue weighted by atomic mass is 9.95. The molecular formula is C15H13NO3. The molecule has 0 radical (unpaired) electrons. The monoisotopic (exact) mass is 255 g/mol. The molecule has 0 saturated heterocycles. The third-order valence-corrected chi connectivity index (χ3v) is 3.11. The molecular weight excluding hydrogens is 242 g/mol. The molecule has 0 spiro atoms. The number of hydrogen-bond donors (Lipinski definition) is 0. The molecule has 0 aliphatic rings. The molecule has 4 nitrogen and oxygen atoms in total. The van der Waals surface area contributed by atoms with Crippen LogP contribution in [0.15, 0.2) is 36.4 Å². The third-order valence-electron chi connectivity index (χ3n) is 3.11. The number of nitro groups is 1. The summed E-state index contributed by atoms with van der Waals surface area (Å²) in [6.45, 7) is 3.74. The third kappa shape index (κ3) is 2.52. The molecule has 0 fully saturated rings. The van der Waals surface area contributed by atoms with Gasteiger partial charge in [-0.1, -0.05) is 18.2 Å². The quantitative estimate of drug-likeness (QED) is 0.477. The second-order valence-electron chi connectivity index (χ2n) is 4.45. The number of nitro benzene ring substituents is 1. The maximum atomic E-state index is 10.9. The number of carbonyl (C=O) groups is 1. The van der Waals surface area contributed by atoms with Crippen molar-refractivity contribution in [3.8, 4) is 11.1 Å². The first-order chi connectivity index (χ1) is 9.02. The first-order valence-corrected chi connectivity index (χ1v) is 5.84. The molecule has 0 amide bonds. The highest BCUT2D eigenvalue weighted by Gasteiger charge is 2.10. The van der Waals surface area contributed by atoms with Crippen LogP contribution in [0.2, 0.25) is 0 Å². The lowest BCUT2D eigenvalue weighted by Gasteiger charge is -2.09. The Morgan fingerprint density at radius 1 is 1.11 bits per heavy atom. The van der Waals surface area contributed by atoms with E-state index >= 15 is 0 Å². The van der Waals surface area contributed by atoms with E-state index in [0.717, 1.165) is 28.5 Å².